The molecule has 2 N–H and O–H groups in total. The summed E-state index contributed by atoms with van der Waals surface area (Å²) < 4.78 is 23.3. The van der Waals surface area contributed by atoms with Crippen molar-refractivity contribution in [2.75, 3.05) is 18.1 Å². The smallest absolute Gasteiger partial charge is 0.179 e. The molecule has 2 rings (SSSR count). The van der Waals surface area contributed by atoms with E-state index in [1.165, 1.54) is 6.26 Å². The molecule has 0 unspecified atom stereocenters. The second kappa shape index (κ2) is 5.88. The lowest BCUT2D eigenvalue weighted by molar-refractivity contribution is 0.111. The summed E-state index contributed by atoms with van der Waals surface area (Å²) in [5, 5.41) is 12.6. The van der Waals surface area contributed by atoms with Crippen molar-refractivity contribution in [3.63, 3.8) is 0 Å². The Kier molecular flexibility index (Phi) is 4.42. The summed E-state index contributed by atoms with van der Waals surface area (Å²) in [6.45, 7) is 0.701. The van der Waals surface area contributed by atoms with Gasteiger partial charge in [-0.25, -0.2) is 13.4 Å². The summed E-state index contributed by atoms with van der Waals surface area (Å²) >= 11 is 0. The van der Waals surface area contributed by atoms with Crippen LogP contribution in [0.25, 0.3) is 0 Å². The number of aromatic nitrogens is 1. The van der Waals surface area contributed by atoms with E-state index in [0.29, 0.717) is 18.3 Å². The number of hydrogen-bond donors (Lipinski definition) is 2. The normalized spacial score (nSPS) is 24.1. The lowest BCUT2D eigenvalue weighted by atomic mass is 9.87. The molecule has 0 radical (unpaired) electrons. The first-order valence-corrected chi connectivity index (χ1v) is 8.43. The lowest BCUT2D eigenvalue weighted by Gasteiger charge is -2.25. The third kappa shape index (κ3) is 3.91. The minimum atomic E-state index is -3.26. The van der Waals surface area contributed by atoms with Crippen LogP contribution in [0.1, 0.15) is 25.7 Å². The molecule has 0 aliphatic heterocycles. The number of aliphatic hydroxyl groups excluding tert-OH is 1. The maximum Gasteiger partial charge on any atom is 0.179 e. The maximum absolute atomic E-state index is 11.6. The summed E-state index contributed by atoms with van der Waals surface area (Å²) in [5.41, 5.74) is 0. The first-order chi connectivity index (χ1) is 8.97. The van der Waals surface area contributed by atoms with E-state index < -0.39 is 9.84 Å². The van der Waals surface area contributed by atoms with Crippen LogP contribution in [0, 0.1) is 5.92 Å². The number of nitrogens with one attached hydrogen (secondary N) is 1. The van der Waals surface area contributed by atoms with E-state index in [4.69, 9.17) is 0 Å². The van der Waals surface area contributed by atoms with Gasteiger partial charge in [-0.1, -0.05) is 0 Å². The van der Waals surface area contributed by atoms with Crippen molar-refractivity contribution in [3.05, 3.63) is 18.3 Å². The Morgan fingerprint density at radius 2 is 2.05 bits per heavy atom. The third-order valence-corrected chi connectivity index (χ3v) is 4.67. The monoisotopic (exact) mass is 284 g/mol. The van der Waals surface area contributed by atoms with Crippen molar-refractivity contribution in [2.45, 2.75) is 36.7 Å². The summed E-state index contributed by atoms with van der Waals surface area (Å²) in [4.78, 5) is 4.35. The predicted molar refractivity (Wildman–Crippen MR) is 73.8 cm³/mol. The lowest BCUT2D eigenvalue weighted by Crippen LogP contribution is -2.24. The zero-order valence-electron chi connectivity index (χ0n) is 11.0. The highest BCUT2D eigenvalue weighted by molar-refractivity contribution is 7.90. The van der Waals surface area contributed by atoms with Gasteiger partial charge < -0.3 is 10.4 Å². The van der Waals surface area contributed by atoms with Crippen LogP contribution in [0.15, 0.2) is 23.2 Å². The first kappa shape index (κ1) is 14.3. The van der Waals surface area contributed by atoms with Crippen molar-refractivity contribution in [1.29, 1.82) is 0 Å². The first-order valence-electron chi connectivity index (χ1n) is 6.54. The highest BCUT2D eigenvalue weighted by Gasteiger charge is 2.20. The van der Waals surface area contributed by atoms with Crippen LogP contribution in [0.3, 0.4) is 0 Å². The molecule has 0 amide bonds. The van der Waals surface area contributed by atoms with Crippen molar-refractivity contribution in [3.8, 4) is 0 Å². The van der Waals surface area contributed by atoms with Gasteiger partial charge in [0, 0.05) is 19.0 Å². The second-order valence-corrected chi connectivity index (χ2v) is 7.16. The predicted octanol–water partition coefficient (Wildman–Crippen LogP) is 1.45. The minimum Gasteiger partial charge on any atom is -0.393 e. The molecule has 1 fully saturated rings. The van der Waals surface area contributed by atoms with E-state index in [1.807, 2.05) is 0 Å². The highest BCUT2D eigenvalue weighted by atomic mass is 32.2. The van der Waals surface area contributed by atoms with Crippen molar-refractivity contribution in [1.82, 2.24) is 4.98 Å². The Morgan fingerprint density at radius 1 is 1.37 bits per heavy atom. The molecule has 1 aliphatic carbocycles. The Bertz CT molecular complexity index is 522. The van der Waals surface area contributed by atoms with Gasteiger partial charge in [0.25, 0.3) is 0 Å². The van der Waals surface area contributed by atoms with Crippen LogP contribution >= 0.6 is 0 Å². The molecule has 0 aromatic carbocycles. The molecule has 19 heavy (non-hydrogen) atoms. The summed E-state index contributed by atoms with van der Waals surface area (Å²) in [7, 11) is -3.26. The Morgan fingerprint density at radius 3 is 2.68 bits per heavy atom. The molecule has 106 valence electrons. The quantitative estimate of drug-likeness (QED) is 0.875. The molecule has 5 nitrogen and oxygen atoms in total. The molecule has 6 heteroatoms. The number of nitrogens with zero attached hydrogens (tertiary/aromatic N) is 1. The molecule has 1 aromatic rings. The number of anilines is 1. The average Bonchev–Trinajstić information content (AvgIpc) is 2.37. The SMILES string of the molecule is CS(=O)(=O)c1cccnc1NCC1CCC(O)CC1. The Labute approximate surface area is 114 Å². The molecule has 1 aromatic heterocycles. The van der Waals surface area contributed by atoms with E-state index >= 15 is 0 Å². The van der Waals surface area contributed by atoms with Crippen LogP contribution in [-0.4, -0.2) is 37.4 Å². The van der Waals surface area contributed by atoms with Gasteiger partial charge >= 0.3 is 0 Å². The number of pyridine rings is 1. The second-order valence-electron chi connectivity index (χ2n) is 5.18. The number of aliphatic hydroxyl groups is 1. The molecule has 1 heterocycles. The minimum absolute atomic E-state index is 0.169. The average molecular weight is 284 g/mol. The van der Waals surface area contributed by atoms with Gasteiger partial charge in [0.05, 0.1) is 6.10 Å². The van der Waals surface area contributed by atoms with E-state index in [1.54, 1.807) is 18.3 Å². The summed E-state index contributed by atoms with van der Waals surface area (Å²) in [6, 6.07) is 3.19. The van der Waals surface area contributed by atoms with E-state index in [-0.39, 0.29) is 11.0 Å². The van der Waals surface area contributed by atoms with Crippen LogP contribution in [-0.2, 0) is 9.84 Å². The van der Waals surface area contributed by atoms with Gasteiger partial charge in [-0.2, -0.15) is 0 Å². The van der Waals surface area contributed by atoms with Gasteiger partial charge in [0.15, 0.2) is 9.84 Å². The van der Waals surface area contributed by atoms with Crippen molar-refractivity contribution in [2.24, 2.45) is 5.92 Å². The zero-order valence-corrected chi connectivity index (χ0v) is 11.9. The van der Waals surface area contributed by atoms with E-state index in [9.17, 15) is 13.5 Å². The van der Waals surface area contributed by atoms with Gasteiger partial charge in [0.2, 0.25) is 0 Å². The van der Waals surface area contributed by atoms with E-state index in [2.05, 4.69) is 10.3 Å². The molecule has 1 aliphatic rings. The fourth-order valence-corrected chi connectivity index (χ4v) is 3.21. The van der Waals surface area contributed by atoms with Crippen LogP contribution in [0.5, 0.6) is 0 Å². The van der Waals surface area contributed by atoms with Crippen molar-refractivity contribution >= 4 is 15.7 Å². The largest absolute Gasteiger partial charge is 0.393 e. The number of hydrogen-bond acceptors (Lipinski definition) is 5. The van der Waals surface area contributed by atoms with Crippen molar-refractivity contribution < 1.29 is 13.5 Å². The topological polar surface area (TPSA) is 79.3 Å². The summed E-state index contributed by atoms with van der Waals surface area (Å²) in [6.07, 6.45) is 6.19. The Hall–Kier alpha value is -1.14. The van der Waals surface area contributed by atoms with Crippen LogP contribution in [0.2, 0.25) is 0 Å². The molecule has 0 spiro atoms. The third-order valence-electron chi connectivity index (χ3n) is 3.54. The fourth-order valence-electron chi connectivity index (χ4n) is 2.41. The standard InChI is InChI=1S/C13H20N2O3S/c1-19(17,18)12-3-2-8-14-13(12)15-9-10-4-6-11(16)7-5-10/h2-3,8,10-11,16H,4-7,9H2,1H3,(H,14,15). The molecular weight excluding hydrogens is 264 g/mol. The number of sulfone groups is 1. The molecule has 0 atom stereocenters. The zero-order chi connectivity index (χ0) is 13.9. The number of rotatable bonds is 4. The summed E-state index contributed by atoms with van der Waals surface area (Å²) in [5.74, 6) is 0.897. The van der Waals surface area contributed by atoms with Gasteiger partial charge in [0.1, 0.15) is 10.7 Å². The maximum atomic E-state index is 11.6. The Balaban J connectivity index is 2.00. The van der Waals surface area contributed by atoms with E-state index in [0.717, 1.165) is 25.7 Å². The van der Waals surface area contributed by atoms with Gasteiger partial charge in [-0.05, 0) is 43.7 Å². The van der Waals surface area contributed by atoms with Gasteiger partial charge in [-0.15, -0.1) is 0 Å². The van der Waals surface area contributed by atoms with Crippen LogP contribution < -0.4 is 5.32 Å². The molecular formula is C13H20N2O3S. The highest BCUT2D eigenvalue weighted by Crippen LogP contribution is 2.25. The molecule has 0 bridgehead atoms. The fraction of sp³-hybridized carbons (Fsp3) is 0.615. The van der Waals surface area contributed by atoms with Crippen LogP contribution in [0.4, 0.5) is 5.82 Å². The molecule has 1 saturated carbocycles. The van der Waals surface area contributed by atoms with Gasteiger partial charge in [-0.3, -0.25) is 0 Å². The molecule has 0 saturated heterocycles.